The van der Waals surface area contributed by atoms with Crippen molar-refractivity contribution in [1.29, 1.82) is 0 Å². The lowest BCUT2D eigenvalue weighted by molar-refractivity contribution is -0.0404. The number of hydrogen-bond donors (Lipinski definition) is 2. The van der Waals surface area contributed by atoms with Gasteiger partial charge >= 0.3 is 0 Å². The molecule has 4 aliphatic rings. The van der Waals surface area contributed by atoms with Crippen molar-refractivity contribution in [3.05, 3.63) is 11.6 Å². The van der Waals surface area contributed by atoms with E-state index in [-0.39, 0.29) is 6.10 Å². The zero-order chi connectivity index (χ0) is 21.5. The van der Waals surface area contributed by atoms with Gasteiger partial charge in [-0.05, 0) is 124 Å². The summed E-state index contributed by atoms with van der Waals surface area (Å²) in [6.45, 7) is 9.39. The molecule has 9 atom stereocenters. The van der Waals surface area contributed by atoms with Crippen LogP contribution in [-0.4, -0.2) is 21.9 Å². The lowest BCUT2D eigenvalue weighted by Crippen LogP contribution is -2.46. The number of rotatable bonds is 6. The summed E-state index contributed by atoms with van der Waals surface area (Å²) >= 11 is 0. The summed E-state index contributed by atoms with van der Waals surface area (Å²) in [7, 11) is 0. The Labute approximate surface area is 185 Å². The first-order chi connectivity index (χ1) is 14.3. The van der Waals surface area contributed by atoms with Crippen LogP contribution in [0.5, 0.6) is 0 Å². The van der Waals surface area contributed by atoms with Crippen molar-refractivity contribution in [3.8, 4) is 0 Å². The summed E-state index contributed by atoms with van der Waals surface area (Å²) in [4.78, 5) is 0. The zero-order valence-corrected chi connectivity index (χ0v) is 20.2. The fourth-order valence-electron chi connectivity index (χ4n) is 8.75. The van der Waals surface area contributed by atoms with Gasteiger partial charge in [-0.15, -0.1) is 0 Å². The minimum absolute atomic E-state index is 0.104. The quantitative estimate of drug-likeness (QED) is 0.463. The Balaban J connectivity index is 1.47. The maximum atomic E-state index is 10.9. The first kappa shape index (κ1) is 22.8. The van der Waals surface area contributed by atoms with Crippen molar-refractivity contribution < 1.29 is 10.2 Å². The van der Waals surface area contributed by atoms with Gasteiger partial charge in [0.1, 0.15) is 0 Å². The van der Waals surface area contributed by atoms with Crippen molar-refractivity contribution in [2.75, 3.05) is 0 Å². The normalized spacial score (nSPS) is 45.5. The van der Waals surface area contributed by atoms with Crippen LogP contribution < -0.4 is 0 Å². The van der Waals surface area contributed by atoms with Gasteiger partial charge in [-0.2, -0.15) is 0 Å². The van der Waals surface area contributed by atoms with E-state index in [2.05, 4.69) is 33.8 Å². The monoisotopic (exact) mass is 416 g/mol. The smallest absolute Gasteiger partial charge is 0.0682 e. The molecule has 172 valence electrons. The lowest BCUT2D eigenvalue weighted by Gasteiger charge is -2.53. The molecule has 0 radical (unpaired) electrons. The van der Waals surface area contributed by atoms with E-state index < -0.39 is 5.60 Å². The molecule has 0 aromatic carbocycles. The first-order valence-electron chi connectivity index (χ1n) is 13.4. The Kier molecular flexibility index (Phi) is 6.77. The summed E-state index contributed by atoms with van der Waals surface area (Å²) in [5.41, 5.74) is 1.71. The molecule has 0 bridgehead atoms. The summed E-state index contributed by atoms with van der Waals surface area (Å²) in [5.74, 6) is 5.01. The highest BCUT2D eigenvalue weighted by Crippen LogP contribution is 2.64. The van der Waals surface area contributed by atoms with Crippen LogP contribution in [-0.2, 0) is 0 Å². The third kappa shape index (κ3) is 4.05. The van der Waals surface area contributed by atoms with Crippen LogP contribution in [0.1, 0.15) is 111 Å². The maximum absolute atomic E-state index is 10.9. The molecule has 3 saturated carbocycles. The second-order valence-corrected chi connectivity index (χ2v) is 12.0. The molecule has 2 heteroatoms. The van der Waals surface area contributed by atoms with Crippen molar-refractivity contribution in [1.82, 2.24) is 0 Å². The molecule has 2 nitrogen and oxygen atoms in total. The molecule has 0 aromatic rings. The van der Waals surface area contributed by atoms with Crippen LogP contribution in [0.2, 0.25) is 0 Å². The molecule has 0 heterocycles. The van der Waals surface area contributed by atoms with Gasteiger partial charge in [-0.25, -0.2) is 0 Å². The van der Waals surface area contributed by atoms with E-state index >= 15 is 0 Å². The molecule has 4 rings (SSSR count). The predicted molar refractivity (Wildman–Crippen MR) is 125 cm³/mol. The number of hydrogen-bond acceptors (Lipinski definition) is 2. The second-order valence-electron chi connectivity index (χ2n) is 12.0. The highest BCUT2D eigenvalue weighted by molar-refractivity contribution is 5.20. The summed E-state index contributed by atoms with van der Waals surface area (Å²) in [6, 6.07) is 0. The van der Waals surface area contributed by atoms with Gasteiger partial charge in [-0.1, -0.05) is 39.3 Å². The molecule has 0 saturated heterocycles. The van der Waals surface area contributed by atoms with Crippen LogP contribution in [0, 0.1) is 40.9 Å². The molecule has 3 fully saturated rings. The number of allylic oxidation sites excluding steroid dienone is 1. The standard InChI is InChI=1S/C28H48O2/c1-5-21(29)11-10-19(3)25-12-13-26-24-9-7-8-20-18-28(30,6-2)17-15-22(20)23(24)14-16-27(25,26)4/h8,19,21-26,29-30H,5-7,9-18H2,1-4H3/t19-,21-,22+,23-,24+,25-,26+,27-,28+/m1/s1. The molecular weight excluding hydrogens is 368 g/mol. The van der Waals surface area contributed by atoms with Gasteiger partial charge in [0.2, 0.25) is 0 Å². The Morgan fingerprint density at radius 3 is 2.57 bits per heavy atom. The Hall–Kier alpha value is -0.340. The number of fused-ring (bicyclic) bond motifs is 5. The first-order valence-corrected chi connectivity index (χ1v) is 13.4. The van der Waals surface area contributed by atoms with E-state index in [9.17, 15) is 10.2 Å². The van der Waals surface area contributed by atoms with E-state index in [0.29, 0.717) is 5.41 Å². The van der Waals surface area contributed by atoms with E-state index in [1.165, 1.54) is 51.4 Å². The van der Waals surface area contributed by atoms with Crippen molar-refractivity contribution in [2.24, 2.45) is 40.9 Å². The number of aliphatic hydroxyl groups is 2. The minimum atomic E-state index is -0.428. The molecule has 0 aromatic heterocycles. The molecule has 0 unspecified atom stereocenters. The van der Waals surface area contributed by atoms with Crippen molar-refractivity contribution in [2.45, 2.75) is 123 Å². The molecule has 30 heavy (non-hydrogen) atoms. The van der Waals surface area contributed by atoms with E-state index in [1.807, 2.05) is 0 Å². The summed E-state index contributed by atoms with van der Waals surface area (Å²) in [5, 5.41) is 21.0. The van der Waals surface area contributed by atoms with Gasteiger partial charge in [-0.3, -0.25) is 0 Å². The molecular formula is C28H48O2. The fourth-order valence-corrected chi connectivity index (χ4v) is 8.75. The molecule has 2 N–H and O–H groups in total. The average Bonchev–Trinajstić information content (AvgIpc) is 2.99. The average molecular weight is 417 g/mol. The maximum Gasteiger partial charge on any atom is 0.0682 e. The summed E-state index contributed by atoms with van der Waals surface area (Å²) in [6.07, 6.45) is 17.9. The Morgan fingerprint density at radius 2 is 1.83 bits per heavy atom. The molecule has 0 aliphatic heterocycles. The second kappa shape index (κ2) is 8.89. The lowest BCUT2D eigenvalue weighted by atomic mass is 9.52. The van der Waals surface area contributed by atoms with Crippen molar-refractivity contribution in [3.63, 3.8) is 0 Å². The van der Waals surface area contributed by atoms with E-state index in [4.69, 9.17) is 0 Å². The van der Waals surface area contributed by atoms with Gasteiger partial charge in [0, 0.05) is 0 Å². The molecule has 0 amide bonds. The van der Waals surface area contributed by atoms with Crippen LogP contribution in [0.15, 0.2) is 11.6 Å². The van der Waals surface area contributed by atoms with Gasteiger partial charge < -0.3 is 10.2 Å². The predicted octanol–water partition coefficient (Wildman–Crippen LogP) is 6.89. The Bertz CT molecular complexity index is 626. The Morgan fingerprint density at radius 1 is 1.03 bits per heavy atom. The topological polar surface area (TPSA) is 40.5 Å². The van der Waals surface area contributed by atoms with Crippen LogP contribution in [0.4, 0.5) is 0 Å². The highest BCUT2D eigenvalue weighted by atomic mass is 16.3. The van der Waals surface area contributed by atoms with Gasteiger partial charge in [0.15, 0.2) is 0 Å². The molecule has 0 spiro atoms. The van der Waals surface area contributed by atoms with Crippen LogP contribution >= 0.6 is 0 Å². The van der Waals surface area contributed by atoms with E-state index in [1.54, 1.807) is 5.57 Å². The van der Waals surface area contributed by atoms with Crippen LogP contribution in [0.25, 0.3) is 0 Å². The SMILES string of the molecule is CC[C@@H](O)CC[C@@H](C)[C@H]1CC[C@H]2[C@H]3CCC=C4C[C@](O)(CC)CC[C@@H]4[C@H]3CC[C@]12C. The highest BCUT2D eigenvalue weighted by Gasteiger charge is 2.56. The van der Waals surface area contributed by atoms with E-state index in [0.717, 1.165) is 67.6 Å². The molecule has 4 aliphatic carbocycles. The third-order valence-corrected chi connectivity index (χ3v) is 10.7. The number of aliphatic hydroxyl groups excluding tert-OH is 1. The van der Waals surface area contributed by atoms with Gasteiger partial charge in [0.05, 0.1) is 11.7 Å². The largest absolute Gasteiger partial charge is 0.393 e. The third-order valence-electron chi connectivity index (χ3n) is 10.7. The zero-order valence-electron chi connectivity index (χ0n) is 20.2. The summed E-state index contributed by atoms with van der Waals surface area (Å²) < 4.78 is 0. The van der Waals surface area contributed by atoms with Gasteiger partial charge in [0.25, 0.3) is 0 Å². The fraction of sp³-hybridized carbons (Fsp3) is 0.929. The van der Waals surface area contributed by atoms with Crippen LogP contribution in [0.3, 0.4) is 0 Å². The minimum Gasteiger partial charge on any atom is -0.393 e. The van der Waals surface area contributed by atoms with Crippen molar-refractivity contribution >= 4 is 0 Å².